The van der Waals surface area contributed by atoms with E-state index < -0.39 is 0 Å². The maximum absolute atomic E-state index is 12.3. The molecule has 3 nitrogen and oxygen atoms in total. The minimum Gasteiger partial charge on any atom is -0.338 e. The second-order valence-electron chi connectivity index (χ2n) is 4.48. The fraction of sp³-hybridized carbons (Fsp3) is 0.462. The van der Waals surface area contributed by atoms with Gasteiger partial charge in [0.2, 0.25) is 0 Å². The van der Waals surface area contributed by atoms with Crippen LogP contribution in [0.4, 0.5) is 0 Å². The first-order valence-corrected chi connectivity index (χ1v) is 6.79. The predicted molar refractivity (Wildman–Crippen MR) is 81.7 cm³/mol. The molecule has 1 aromatic rings. The molecule has 0 unspecified atom stereocenters. The number of benzene rings is 1. The zero-order chi connectivity index (χ0) is 13.1. The summed E-state index contributed by atoms with van der Waals surface area (Å²) in [5, 5.41) is 4.23. The third kappa shape index (κ3) is 3.99. The van der Waals surface area contributed by atoms with Gasteiger partial charge in [0.1, 0.15) is 0 Å². The van der Waals surface area contributed by atoms with E-state index in [1.807, 2.05) is 11.9 Å². The van der Waals surface area contributed by atoms with E-state index in [9.17, 15) is 4.79 Å². The normalized spacial score (nSPS) is 16.1. The molecule has 2 rings (SSSR count). The average Bonchev–Trinajstić information content (AvgIpc) is 2.41. The monoisotopic (exact) mass is 322 g/mol. The van der Waals surface area contributed by atoms with Gasteiger partial charge in [-0.15, -0.1) is 12.4 Å². The van der Waals surface area contributed by atoms with Gasteiger partial charge in [-0.05, 0) is 38.1 Å². The van der Waals surface area contributed by atoms with Crippen molar-refractivity contribution in [1.29, 1.82) is 0 Å². The molecule has 6 heteroatoms. The Morgan fingerprint density at radius 1 is 1.32 bits per heavy atom. The van der Waals surface area contributed by atoms with Gasteiger partial charge >= 0.3 is 0 Å². The number of amides is 1. The van der Waals surface area contributed by atoms with Crippen LogP contribution in [0, 0.1) is 0 Å². The maximum atomic E-state index is 12.3. The lowest BCUT2D eigenvalue weighted by Crippen LogP contribution is -2.44. The summed E-state index contributed by atoms with van der Waals surface area (Å²) in [4.78, 5) is 14.2. The number of likely N-dealkylation sites (tertiary alicyclic amines) is 1. The van der Waals surface area contributed by atoms with Crippen LogP contribution in [-0.2, 0) is 0 Å². The van der Waals surface area contributed by atoms with Crippen LogP contribution in [0.2, 0.25) is 10.0 Å². The molecule has 1 saturated heterocycles. The summed E-state index contributed by atoms with van der Waals surface area (Å²) < 4.78 is 0. The topological polar surface area (TPSA) is 32.3 Å². The zero-order valence-corrected chi connectivity index (χ0v) is 13.0. The molecular formula is C13H17Cl3N2O. The Labute approximate surface area is 129 Å². The maximum Gasteiger partial charge on any atom is 0.255 e. The van der Waals surface area contributed by atoms with Crippen molar-refractivity contribution in [3.63, 3.8) is 0 Å². The number of carbonyl (C=O) groups excluding carboxylic acids is 1. The Morgan fingerprint density at radius 3 is 2.53 bits per heavy atom. The third-order valence-electron chi connectivity index (χ3n) is 3.35. The number of hydrogen-bond donors (Lipinski definition) is 1. The molecule has 0 aliphatic carbocycles. The van der Waals surface area contributed by atoms with Crippen LogP contribution in [0.5, 0.6) is 0 Å². The van der Waals surface area contributed by atoms with Gasteiger partial charge < -0.3 is 10.2 Å². The quantitative estimate of drug-likeness (QED) is 0.906. The Kier molecular flexibility index (Phi) is 6.40. The highest BCUT2D eigenvalue weighted by atomic mass is 35.5. The summed E-state index contributed by atoms with van der Waals surface area (Å²) in [6.45, 7) is 1.51. The smallest absolute Gasteiger partial charge is 0.255 e. The lowest BCUT2D eigenvalue weighted by Gasteiger charge is -2.32. The van der Waals surface area contributed by atoms with Gasteiger partial charge in [0.05, 0.1) is 10.6 Å². The van der Waals surface area contributed by atoms with Crippen molar-refractivity contribution >= 4 is 41.5 Å². The van der Waals surface area contributed by atoms with Crippen molar-refractivity contribution in [2.24, 2.45) is 0 Å². The van der Waals surface area contributed by atoms with E-state index in [0.717, 1.165) is 25.9 Å². The molecular weight excluding hydrogens is 307 g/mol. The van der Waals surface area contributed by atoms with Crippen LogP contribution in [0.3, 0.4) is 0 Å². The first-order chi connectivity index (χ1) is 8.61. The van der Waals surface area contributed by atoms with Crippen molar-refractivity contribution in [2.45, 2.75) is 18.9 Å². The van der Waals surface area contributed by atoms with Crippen molar-refractivity contribution in [2.75, 3.05) is 20.1 Å². The van der Waals surface area contributed by atoms with E-state index in [4.69, 9.17) is 23.2 Å². The van der Waals surface area contributed by atoms with Crippen LogP contribution in [0.1, 0.15) is 23.2 Å². The molecule has 19 heavy (non-hydrogen) atoms. The van der Waals surface area contributed by atoms with Gasteiger partial charge in [-0.2, -0.15) is 0 Å². The number of nitrogens with one attached hydrogen (secondary N) is 1. The van der Waals surface area contributed by atoms with E-state index in [1.54, 1.807) is 18.2 Å². The van der Waals surface area contributed by atoms with Gasteiger partial charge in [-0.3, -0.25) is 4.79 Å². The Balaban J connectivity index is 0.00000180. The highest BCUT2D eigenvalue weighted by Crippen LogP contribution is 2.23. The van der Waals surface area contributed by atoms with E-state index in [2.05, 4.69) is 5.32 Å². The number of nitrogens with zero attached hydrogens (tertiary/aromatic N) is 1. The van der Waals surface area contributed by atoms with E-state index in [1.165, 1.54) is 0 Å². The molecule has 1 heterocycles. The predicted octanol–water partition coefficient (Wildman–Crippen LogP) is 3.24. The van der Waals surface area contributed by atoms with Gasteiger partial charge in [0.15, 0.2) is 0 Å². The third-order valence-corrected chi connectivity index (χ3v) is 3.91. The van der Waals surface area contributed by atoms with Crippen LogP contribution >= 0.6 is 35.6 Å². The zero-order valence-electron chi connectivity index (χ0n) is 10.7. The van der Waals surface area contributed by atoms with E-state index in [-0.39, 0.29) is 18.3 Å². The first-order valence-electron chi connectivity index (χ1n) is 6.03. The van der Waals surface area contributed by atoms with E-state index in [0.29, 0.717) is 21.7 Å². The molecule has 1 aliphatic rings. The molecule has 0 radical (unpaired) electrons. The minimum absolute atomic E-state index is 0. The SMILES string of the molecule is CNC1CCN(C(=O)c2cc(Cl)ccc2Cl)CC1.Cl. The fourth-order valence-corrected chi connectivity index (χ4v) is 2.57. The van der Waals surface area contributed by atoms with Gasteiger partial charge in [-0.1, -0.05) is 23.2 Å². The molecule has 0 atom stereocenters. The Bertz CT molecular complexity index is 446. The number of piperidine rings is 1. The Morgan fingerprint density at radius 2 is 1.95 bits per heavy atom. The van der Waals surface area contributed by atoms with Crippen molar-refractivity contribution < 1.29 is 4.79 Å². The molecule has 1 aromatic carbocycles. The lowest BCUT2D eigenvalue weighted by atomic mass is 10.0. The fourth-order valence-electron chi connectivity index (χ4n) is 2.20. The number of rotatable bonds is 2. The van der Waals surface area contributed by atoms with Crippen LogP contribution < -0.4 is 5.32 Å². The summed E-state index contributed by atoms with van der Waals surface area (Å²) in [5.74, 6) is -0.0305. The number of hydrogen-bond acceptors (Lipinski definition) is 2. The lowest BCUT2D eigenvalue weighted by molar-refractivity contribution is 0.0707. The second kappa shape index (κ2) is 7.34. The summed E-state index contributed by atoms with van der Waals surface area (Å²) in [5.41, 5.74) is 0.493. The molecule has 0 aromatic heterocycles. The molecule has 106 valence electrons. The van der Waals surface area contributed by atoms with Crippen molar-refractivity contribution in [3.8, 4) is 0 Å². The van der Waals surface area contributed by atoms with Crippen LogP contribution in [0.25, 0.3) is 0 Å². The molecule has 0 spiro atoms. The summed E-state index contributed by atoms with van der Waals surface area (Å²) in [6.07, 6.45) is 1.95. The first kappa shape index (κ1) is 16.6. The summed E-state index contributed by atoms with van der Waals surface area (Å²) in [6, 6.07) is 5.49. The molecule has 1 fully saturated rings. The molecule has 1 aliphatic heterocycles. The summed E-state index contributed by atoms with van der Waals surface area (Å²) >= 11 is 12.0. The largest absolute Gasteiger partial charge is 0.338 e. The Hall–Kier alpha value is -0.480. The van der Waals surface area contributed by atoms with Gasteiger partial charge in [0, 0.05) is 24.2 Å². The highest BCUT2D eigenvalue weighted by Gasteiger charge is 2.24. The molecule has 0 saturated carbocycles. The molecule has 1 N–H and O–H groups in total. The number of carbonyl (C=O) groups is 1. The number of halogens is 3. The van der Waals surface area contributed by atoms with Crippen LogP contribution in [-0.4, -0.2) is 37.0 Å². The van der Waals surface area contributed by atoms with Gasteiger partial charge in [0.25, 0.3) is 5.91 Å². The minimum atomic E-state index is -0.0305. The van der Waals surface area contributed by atoms with Crippen LogP contribution in [0.15, 0.2) is 18.2 Å². The summed E-state index contributed by atoms with van der Waals surface area (Å²) in [7, 11) is 1.95. The standard InChI is InChI=1S/C13H16Cl2N2O.ClH/c1-16-10-4-6-17(7-5-10)13(18)11-8-9(14)2-3-12(11)15;/h2-3,8,10,16H,4-7H2,1H3;1H. The second-order valence-corrected chi connectivity index (χ2v) is 5.32. The van der Waals surface area contributed by atoms with Crippen molar-refractivity contribution in [1.82, 2.24) is 10.2 Å². The highest BCUT2D eigenvalue weighted by molar-refractivity contribution is 6.35. The average molecular weight is 324 g/mol. The molecule has 0 bridgehead atoms. The van der Waals surface area contributed by atoms with E-state index >= 15 is 0 Å². The van der Waals surface area contributed by atoms with Crippen molar-refractivity contribution in [3.05, 3.63) is 33.8 Å². The molecule has 1 amide bonds. The van der Waals surface area contributed by atoms with Gasteiger partial charge in [-0.25, -0.2) is 0 Å².